The van der Waals surface area contributed by atoms with Crippen LogP contribution >= 0.6 is 0 Å². The summed E-state index contributed by atoms with van der Waals surface area (Å²) >= 11 is 0. The van der Waals surface area contributed by atoms with E-state index in [9.17, 15) is 4.79 Å². The highest BCUT2D eigenvalue weighted by Gasteiger charge is 2.08. The SMILES string of the molecule is CCCCCCCCCCCCOC(=O)c1cc(N)cc(N)c1. The second kappa shape index (κ2) is 11.8. The lowest BCUT2D eigenvalue weighted by molar-refractivity contribution is 0.0498. The summed E-state index contributed by atoms with van der Waals surface area (Å²) in [6.07, 6.45) is 12.6. The molecule has 4 N–H and O–H groups in total. The fourth-order valence-electron chi connectivity index (χ4n) is 2.63. The Bertz CT molecular complexity index is 440. The van der Waals surface area contributed by atoms with Crippen molar-refractivity contribution < 1.29 is 9.53 Å². The molecule has 23 heavy (non-hydrogen) atoms. The number of unbranched alkanes of at least 4 members (excludes halogenated alkanes) is 9. The smallest absolute Gasteiger partial charge is 0.338 e. The first-order valence-corrected chi connectivity index (χ1v) is 8.96. The predicted molar refractivity (Wildman–Crippen MR) is 97.4 cm³/mol. The summed E-state index contributed by atoms with van der Waals surface area (Å²) in [6.45, 7) is 2.71. The molecule has 0 saturated heterocycles. The van der Waals surface area contributed by atoms with Crippen LogP contribution in [0.25, 0.3) is 0 Å². The summed E-state index contributed by atoms with van der Waals surface area (Å²) in [5.41, 5.74) is 12.7. The normalized spacial score (nSPS) is 10.7. The molecule has 0 atom stereocenters. The maximum atomic E-state index is 11.9. The van der Waals surface area contributed by atoms with E-state index < -0.39 is 0 Å². The minimum Gasteiger partial charge on any atom is -0.462 e. The Kier molecular flexibility index (Phi) is 9.92. The minimum absolute atomic E-state index is 0.347. The molecule has 0 bridgehead atoms. The van der Waals surface area contributed by atoms with Crippen molar-refractivity contribution in [3.05, 3.63) is 23.8 Å². The van der Waals surface area contributed by atoms with Gasteiger partial charge in [-0.05, 0) is 24.6 Å². The number of carbonyl (C=O) groups excluding carboxylic acids is 1. The van der Waals surface area contributed by atoms with E-state index in [1.54, 1.807) is 18.2 Å². The number of benzene rings is 1. The van der Waals surface area contributed by atoms with Gasteiger partial charge in [0.1, 0.15) is 0 Å². The van der Waals surface area contributed by atoms with E-state index in [4.69, 9.17) is 16.2 Å². The molecule has 0 heterocycles. The number of esters is 1. The predicted octanol–water partition coefficient (Wildman–Crippen LogP) is 4.93. The molecule has 0 radical (unpaired) electrons. The van der Waals surface area contributed by atoms with Gasteiger partial charge in [0.05, 0.1) is 12.2 Å². The molecule has 0 aromatic heterocycles. The molecule has 1 aromatic rings. The summed E-state index contributed by atoms with van der Waals surface area (Å²) in [7, 11) is 0. The van der Waals surface area contributed by atoms with Gasteiger partial charge in [0.25, 0.3) is 0 Å². The molecule has 130 valence electrons. The van der Waals surface area contributed by atoms with Crippen molar-refractivity contribution >= 4 is 17.3 Å². The molecule has 0 aliphatic carbocycles. The van der Waals surface area contributed by atoms with Gasteiger partial charge < -0.3 is 16.2 Å². The monoisotopic (exact) mass is 320 g/mol. The van der Waals surface area contributed by atoms with Crippen molar-refractivity contribution in [3.63, 3.8) is 0 Å². The van der Waals surface area contributed by atoms with Gasteiger partial charge in [0.15, 0.2) is 0 Å². The first-order valence-electron chi connectivity index (χ1n) is 8.96. The Morgan fingerprint density at radius 3 is 1.83 bits per heavy atom. The Morgan fingerprint density at radius 2 is 1.30 bits per heavy atom. The molecule has 0 aliphatic rings. The third-order valence-electron chi connectivity index (χ3n) is 3.94. The van der Waals surface area contributed by atoms with Crippen LogP contribution in [0.2, 0.25) is 0 Å². The van der Waals surface area contributed by atoms with Gasteiger partial charge >= 0.3 is 5.97 Å². The maximum absolute atomic E-state index is 11.9. The summed E-state index contributed by atoms with van der Waals surface area (Å²) in [5.74, 6) is -0.347. The maximum Gasteiger partial charge on any atom is 0.338 e. The van der Waals surface area contributed by atoms with Gasteiger partial charge in [0, 0.05) is 11.4 Å². The molecule has 0 amide bonds. The van der Waals surface area contributed by atoms with E-state index in [1.807, 2.05) is 0 Å². The third-order valence-corrected chi connectivity index (χ3v) is 3.94. The molecule has 1 aromatic carbocycles. The van der Waals surface area contributed by atoms with Gasteiger partial charge in [-0.2, -0.15) is 0 Å². The second-order valence-corrected chi connectivity index (χ2v) is 6.21. The summed E-state index contributed by atoms with van der Waals surface area (Å²) < 4.78 is 5.26. The van der Waals surface area contributed by atoms with E-state index in [1.165, 1.54) is 51.4 Å². The van der Waals surface area contributed by atoms with Crippen LogP contribution in [0.4, 0.5) is 11.4 Å². The van der Waals surface area contributed by atoms with Crippen molar-refractivity contribution in [2.24, 2.45) is 0 Å². The van der Waals surface area contributed by atoms with E-state index >= 15 is 0 Å². The topological polar surface area (TPSA) is 78.3 Å². The first kappa shape index (κ1) is 19.3. The molecule has 0 spiro atoms. The molecule has 0 fully saturated rings. The van der Waals surface area contributed by atoms with Gasteiger partial charge in [0.2, 0.25) is 0 Å². The van der Waals surface area contributed by atoms with Crippen LogP contribution in [-0.4, -0.2) is 12.6 Å². The molecule has 0 saturated carbocycles. The molecule has 1 rings (SSSR count). The quantitative estimate of drug-likeness (QED) is 0.325. The van der Waals surface area contributed by atoms with Crippen molar-refractivity contribution in [2.45, 2.75) is 71.1 Å². The molecule has 4 heteroatoms. The minimum atomic E-state index is -0.347. The summed E-state index contributed by atoms with van der Waals surface area (Å²) in [5, 5.41) is 0. The lowest BCUT2D eigenvalue weighted by atomic mass is 10.1. The summed E-state index contributed by atoms with van der Waals surface area (Å²) in [4.78, 5) is 11.9. The number of nitrogens with two attached hydrogens (primary N) is 2. The number of hydrogen-bond acceptors (Lipinski definition) is 4. The average molecular weight is 320 g/mol. The van der Waals surface area contributed by atoms with Gasteiger partial charge in [-0.25, -0.2) is 4.79 Å². The lowest BCUT2D eigenvalue weighted by Gasteiger charge is -2.06. The Hall–Kier alpha value is -1.71. The standard InChI is InChI=1S/C19H32N2O2/c1-2-3-4-5-6-7-8-9-10-11-12-23-19(22)16-13-17(20)15-18(21)14-16/h13-15H,2-12,20-21H2,1H3. The second-order valence-electron chi connectivity index (χ2n) is 6.21. The molecule has 0 unspecified atom stereocenters. The zero-order valence-corrected chi connectivity index (χ0v) is 14.5. The highest BCUT2D eigenvalue weighted by molar-refractivity contribution is 5.91. The number of anilines is 2. The van der Waals surface area contributed by atoms with Crippen LogP contribution in [0.1, 0.15) is 81.5 Å². The highest BCUT2D eigenvalue weighted by atomic mass is 16.5. The van der Waals surface area contributed by atoms with Crippen LogP contribution in [-0.2, 0) is 4.74 Å². The molecular formula is C19H32N2O2. The number of nitrogen functional groups attached to an aromatic ring is 2. The van der Waals surface area contributed by atoms with Gasteiger partial charge in [-0.15, -0.1) is 0 Å². The zero-order chi connectivity index (χ0) is 16.9. The van der Waals surface area contributed by atoms with Crippen molar-refractivity contribution in [1.29, 1.82) is 0 Å². The van der Waals surface area contributed by atoms with E-state index in [0.29, 0.717) is 23.5 Å². The van der Waals surface area contributed by atoms with E-state index in [2.05, 4.69) is 6.92 Å². The van der Waals surface area contributed by atoms with Crippen LogP contribution in [0.5, 0.6) is 0 Å². The van der Waals surface area contributed by atoms with Crippen LogP contribution in [0.3, 0.4) is 0 Å². The fourth-order valence-corrected chi connectivity index (χ4v) is 2.63. The third kappa shape index (κ3) is 9.11. The molecule has 4 nitrogen and oxygen atoms in total. The van der Waals surface area contributed by atoms with Crippen LogP contribution < -0.4 is 11.5 Å². The van der Waals surface area contributed by atoms with Crippen LogP contribution in [0, 0.1) is 0 Å². The van der Waals surface area contributed by atoms with Crippen LogP contribution in [0.15, 0.2) is 18.2 Å². The number of hydrogen-bond donors (Lipinski definition) is 2. The average Bonchev–Trinajstić information content (AvgIpc) is 2.51. The Labute approximate surface area is 140 Å². The van der Waals surface area contributed by atoms with Gasteiger partial charge in [-0.1, -0.05) is 64.7 Å². The van der Waals surface area contributed by atoms with E-state index in [-0.39, 0.29) is 5.97 Å². The van der Waals surface area contributed by atoms with Crippen molar-refractivity contribution in [1.82, 2.24) is 0 Å². The lowest BCUT2D eigenvalue weighted by Crippen LogP contribution is -2.07. The van der Waals surface area contributed by atoms with Gasteiger partial charge in [-0.3, -0.25) is 0 Å². The number of carbonyl (C=O) groups is 1. The number of ether oxygens (including phenoxy) is 1. The summed E-state index contributed by atoms with van der Waals surface area (Å²) in [6, 6.07) is 4.81. The fraction of sp³-hybridized carbons (Fsp3) is 0.632. The Balaban J connectivity index is 2.01. The highest BCUT2D eigenvalue weighted by Crippen LogP contribution is 2.15. The largest absolute Gasteiger partial charge is 0.462 e. The first-order chi connectivity index (χ1) is 11.1. The van der Waals surface area contributed by atoms with Crippen molar-refractivity contribution in [3.8, 4) is 0 Å². The Morgan fingerprint density at radius 1 is 0.826 bits per heavy atom. The molecular weight excluding hydrogens is 288 g/mol. The van der Waals surface area contributed by atoms with E-state index in [0.717, 1.165) is 12.8 Å². The number of rotatable bonds is 12. The zero-order valence-electron chi connectivity index (χ0n) is 14.5. The molecule has 0 aliphatic heterocycles. The van der Waals surface area contributed by atoms with Crippen molar-refractivity contribution in [2.75, 3.05) is 18.1 Å².